The molecule has 27 heavy (non-hydrogen) atoms. The van der Waals surface area contributed by atoms with Crippen molar-refractivity contribution in [3.8, 4) is 11.5 Å². The number of carbonyl (C=O) groups is 2. The average molecular weight is 371 g/mol. The highest BCUT2D eigenvalue weighted by Crippen LogP contribution is 2.25. The van der Waals surface area contributed by atoms with Crippen molar-refractivity contribution < 1.29 is 23.8 Å². The summed E-state index contributed by atoms with van der Waals surface area (Å²) in [5.41, 5.74) is 1.04. The quantitative estimate of drug-likeness (QED) is 0.758. The van der Waals surface area contributed by atoms with Crippen LogP contribution in [0.3, 0.4) is 0 Å². The van der Waals surface area contributed by atoms with Gasteiger partial charge in [-0.1, -0.05) is 18.2 Å². The predicted octanol–water partition coefficient (Wildman–Crippen LogP) is 4.48. The van der Waals surface area contributed by atoms with E-state index in [4.69, 9.17) is 14.2 Å². The fourth-order valence-electron chi connectivity index (χ4n) is 2.44. The summed E-state index contributed by atoms with van der Waals surface area (Å²) in [5.74, 6) is 1.09. The molecule has 0 aliphatic heterocycles. The van der Waals surface area contributed by atoms with Gasteiger partial charge in [-0.05, 0) is 44.5 Å². The largest absolute Gasteiger partial charge is 0.497 e. The number of anilines is 1. The second kappa shape index (κ2) is 8.58. The molecule has 1 amide bonds. The number of Topliss-reactive ketones (excluding diaryl/α,β-unsaturated/α-hetero) is 1. The number of ketones is 1. The first-order valence-electron chi connectivity index (χ1n) is 8.56. The molecule has 2 aromatic rings. The maximum Gasteiger partial charge on any atom is 0.412 e. The summed E-state index contributed by atoms with van der Waals surface area (Å²) < 4.78 is 15.7. The fourth-order valence-corrected chi connectivity index (χ4v) is 2.44. The first-order chi connectivity index (χ1) is 12.7. The van der Waals surface area contributed by atoms with Crippen LogP contribution < -0.4 is 14.8 Å². The number of benzene rings is 2. The molecule has 6 heteroatoms. The number of hydrogen-bond donors (Lipinski definition) is 1. The second-order valence-electron chi connectivity index (χ2n) is 6.98. The normalized spacial score (nSPS) is 10.9. The van der Waals surface area contributed by atoms with E-state index in [1.807, 2.05) is 0 Å². The highest BCUT2D eigenvalue weighted by Gasteiger charge is 2.19. The second-order valence-corrected chi connectivity index (χ2v) is 6.98. The molecule has 0 saturated heterocycles. The van der Waals surface area contributed by atoms with Crippen LogP contribution in [0.15, 0.2) is 42.5 Å². The Labute approximate surface area is 159 Å². The third kappa shape index (κ3) is 6.02. The molecule has 6 nitrogen and oxygen atoms in total. The molecule has 0 heterocycles. The van der Waals surface area contributed by atoms with E-state index in [2.05, 4.69) is 5.32 Å². The summed E-state index contributed by atoms with van der Waals surface area (Å²) >= 11 is 0. The molecule has 1 N–H and O–H groups in total. The molecule has 0 aliphatic carbocycles. The minimum atomic E-state index is -0.625. The van der Waals surface area contributed by atoms with Gasteiger partial charge in [0.1, 0.15) is 17.1 Å². The molecule has 0 saturated carbocycles. The van der Waals surface area contributed by atoms with E-state index in [-0.39, 0.29) is 12.2 Å². The third-order valence-corrected chi connectivity index (χ3v) is 3.70. The van der Waals surface area contributed by atoms with Crippen molar-refractivity contribution in [3.63, 3.8) is 0 Å². The van der Waals surface area contributed by atoms with E-state index in [1.54, 1.807) is 70.3 Å². The smallest absolute Gasteiger partial charge is 0.412 e. The maximum absolute atomic E-state index is 12.7. The van der Waals surface area contributed by atoms with Gasteiger partial charge in [-0.2, -0.15) is 0 Å². The Bertz CT molecular complexity index is 824. The van der Waals surface area contributed by atoms with E-state index < -0.39 is 11.7 Å². The zero-order valence-corrected chi connectivity index (χ0v) is 16.3. The van der Waals surface area contributed by atoms with Crippen molar-refractivity contribution in [2.45, 2.75) is 32.8 Å². The molecule has 0 aromatic heterocycles. The molecule has 0 aliphatic rings. The molecule has 0 fully saturated rings. The lowest BCUT2D eigenvalue weighted by atomic mass is 10.0. The summed E-state index contributed by atoms with van der Waals surface area (Å²) in [6.45, 7) is 5.35. The highest BCUT2D eigenvalue weighted by molar-refractivity contribution is 5.99. The molecule has 2 aromatic carbocycles. The Balaban J connectivity index is 2.24. The SMILES string of the molecule is COc1cccc(C(=O)Cc2ccc(OC)cc2NC(=O)OC(C)(C)C)c1. The number of nitrogens with one attached hydrogen (secondary N) is 1. The minimum absolute atomic E-state index is 0.0914. The number of amides is 1. The van der Waals surface area contributed by atoms with E-state index in [1.165, 1.54) is 7.11 Å². The van der Waals surface area contributed by atoms with Crippen LogP contribution in [0.4, 0.5) is 10.5 Å². The van der Waals surface area contributed by atoms with Crippen LogP contribution in [0.25, 0.3) is 0 Å². The van der Waals surface area contributed by atoms with Crippen molar-refractivity contribution in [2.24, 2.45) is 0 Å². The molecule has 0 radical (unpaired) electrons. The van der Waals surface area contributed by atoms with Crippen molar-refractivity contribution >= 4 is 17.6 Å². The van der Waals surface area contributed by atoms with Gasteiger partial charge in [0.15, 0.2) is 5.78 Å². The van der Waals surface area contributed by atoms with Crippen molar-refractivity contribution in [1.29, 1.82) is 0 Å². The number of rotatable bonds is 6. The van der Waals surface area contributed by atoms with Gasteiger partial charge in [-0.3, -0.25) is 10.1 Å². The molecule has 0 unspecified atom stereocenters. The zero-order valence-electron chi connectivity index (χ0n) is 16.3. The zero-order chi connectivity index (χ0) is 20.0. The van der Waals surface area contributed by atoms with Crippen LogP contribution in [0.2, 0.25) is 0 Å². The van der Waals surface area contributed by atoms with Gasteiger partial charge in [0.05, 0.1) is 19.9 Å². The molecule has 0 spiro atoms. The van der Waals surface area contributed by atoms with Crippen molar-refractivity contribution in [3.05, 3.63) is 53.6 Å². The highest BCUT2D eigenvalue weighted by atomic mass is 16.6. The van der Waals surface area contributed by atoms with E-state index in [0.29, 0.717) is 28.3 Å². The van der Waals surface area contributed by atoms with Gasteiger partial charge in [0.2, 0.25) is 0 Å². The van der Waals surface area contributed by atoms with Crippen molar-refractivity contribution in [1.82, 2.24) is 0 Å². The van der Waals surface area contributed by atoms with Gasteiger partial charge in [-0.15, -0.1) is 0 Å². The Morgan fingerprint density at radius 2 is 1.63 bits per heavy atom. The topological polar surface area (TPSA) is 73.9 Å². The summed E-state index contributed by atoms with van der Waals surface area (Å²) in [5, 5.41) is 2.70. The lowest BCUT2D eigenvalue weighted by Crippen LogP contribution is -2.27. The average Bonchev–Trinajstić information content (AvgIpc) is 2.61. The molecular weight excluding hydrogens is 346 g/mol. The third-order valence-electron chi connectivity index (χ3n) is 3.70. The van der Waals surface area contributed by atoms with Crippen LogP contribution in [0.1, 0.15) is 36.7 Å². The van der Waals surface area contributed by atoms with Crippen LogP contribution in [0, 0.1) is 0 Å². The van der Waals surface area contributed by atoms with Gasteiger partial charge in [0.25, 0.3) is 0 Å². The first kappa shape index (κ1) is 20.3. The molecule has 2 rings (SSSR count). The fraction of sp³-hybridized carbons (Fsp3) is 0.333. The molecule has 0 atom stereocenters. The Kier molecular flexibility index (Phi) is 6.45. The number of ether oxygens (including phenoxy) is 3. The Morgan fingerprint density at radius 3 is 2.26 bits per heavy atom. The number of carbonyl (C=O) groups excluding carboxylic acids is 2. The standard InChI is InChI=1S/C21H25NO5/c1-21(2,3)27-20(24)22-18-13-17(26-5)10-9-14(18)12-19(23)15-7-6-8-16(11-15)25-4/h6-11,13H,12H2,1-5H3,(H,22,24). The molecule has 144 valence electrons. The van der Waals surface area contributed by atoms with Crippen LogP contribution in [0.5, 0.6) is 11.5 Å². The molecule has 0 bridgehead atoms. The van der Waals surface area contributed by atoms with E-state index >= 15 is 0 Å². The summed E-state index contributed by atoms with van der Waals surface area (Å²) in [6.07, 6.45) is -0.478. The lowest BCUT2D eigenvalue weighted by Gasteiger charge is -2.20. The van der Waals surface area contributed by atoms with Gasteiger partial charge >= 0.3 is 6.09 Å². The predicted molar refractivity (Wildman–Crippen MR) is 104 cm³/mol. The van der Waals surface area contributed by atoms with Gasteiger partial charge in [-0.25, -0.2) is 4.79 Å². The first-order valence-corrected chi connectivity index (χ1v) is 8.56. The lowest BCUT2D eigenvalue weighted by molar-refractivity contribution is 0.0635. The Morgan fingerprint density at radius 1 is 0.963 bits per heavy atom. The number of hydrogen-bond acceptors (Lipinski definition) is 5. The van der Waals surface area contributed by atoms with Crippen LogP contribution in [-0.4, -0.2) is 31.7 Å². The molecular formula is C21H25NO5. The Hall–Kier alpha value is -3.02. The van der Waals surface area contributed by atoms with Gasteiger partial charge < -0.3 is 14.2 Å². The summed E-state index contributed by atoms with van der Waals surface area (Å²) in [7, 11) is 3.09. The minimum Gasteiger partial charge on any atom is -0.497 e. The maximum atomic E-state index is 12.7. The van der Waals surface area contributed by atoms with Crippen LogP contribution >= 0.6 is 0 Å². The van der Waals surface area contributed by atoms with Gasteiger partial charge in [0, 0.05) is 18.1 Å². The monoisotopic (exact) mass is 371 g/mol. The summed E-state index contributed by atoms with van der Waals surface area (Å²) in [6, 6.07) is 12.1. The number of methoxy groups -OCH3 is 2. The van der Waals surface area contributed by atoms with E-state index in [9.17, 15) is 9.59 Å². The van der Waals surface area contributed by atoms with E-state index in [0.717, 1.165) is 0 Å². The van der Waals surface area contributed by atoms with Crippen molar-refractivity contribution in [2.75, 3.05) is 19.5 Å². The van der Waals surface area contributed by atoms with Crippen LogP contribution in [-0.2, 0) is 11.2 Å². The summed E-state index contributed by atoms with van der Waals surface area (Å²) in [4.78, 5) is 24.8.